The van der Waals surface area contributed by atoms with Gasteiger partial charge in [-0.1, -0.05) is 24.3 Å². The third-order valence-corrected chi connectivity index (χ3v) is 6.82. The number of carboxylic acids is 1. The Bertz CT molecular complexity index is 1360. The molecule has 1 aliphatic rings. The number of anilines is 2. The van der Waals surface area contributed by atoms with E-state index in [0.717, 1.165) is 6.07 Å². The molecule has 0 unspecified atom stereocenters. The number of alkyl halides is 3. The summed E-state index contributed by atoms with van der Waals surface area (Å²) in [6.45, 7) is 2.04. The van der Waals surface area contributed by atoms with Crippen molar-refractivity contribution in [2.45, 2.75) is 18.0 Å². The number of halogens is 3. The number of carbonyl (C=O) groups is 1. The molecule has 0 spiro atoms. The number of carboxylic acid groups (broad SMARTS) is 1. The lowest BCUT2D eigenvalue weighted by Crippen LogP contribution is -2.50. The van der Waals surface area contributed by atoms with Gasteiger partial charge in [0.2, 0.25) is 0 Å². The number of sulfonamides is 1. The van der Waals surface area contributed by atoms with Crippen LogP contribution in [0.1, 0.15) is 11.1 Å². The molecule has 0 saturated carbocycles. The highest BCUT2D eigenvalue weighted by Gasteiger charge is 2.36. The molecule has 0 atom stereocenters. The fraction of sp³-hybridized carbons (Fsp3) is 0.227. The van der Waals surface area contributed by atoms with Gasteiger partial charge in [-0.05, 0) is 35.7 Å². The third kappa shape index (κ3) is 4.67. The third-order valence-electron chi connectivity index (χ3n) is 5.47. The van der Waals surface area contributed by atoms with E-state index in [0.29, 0.717) is 17.3 Å². The highest BCUT2D eigenvalue weighted by Crippen LogP contribution is 2.39. The zero-order valence-corrected chi connectivity index (χ0v) is 18.6. The second-order valence-corrected chi connectivity index (χ2v) is 9.51. The molecule has 0 radical (unpaired) electrons. The minimum absolute atomic E-state index is 0.185. The predicted octanol–water partition coefficient (Wildman–Crippen LogP) is 3.79. The van der Waals surface area contributed by atoms with Gasteiger partial charge in [-0.15, -0.1) is 0 Å². The smallest absolute Gasteiger partial charge is 0.418 e. The monoisotopic (exact) mass is 492 g/mol. The predicted molar refractivity (Wildman–Crippen MR) is 118 cm³/mol. The number of aryl methyl sites for hydroxylation is 1. The molecule has 3 aromatic rings. The number of benzene rings is 1. The van der Waals surface area contributed by atoms with Crippen molar-refractivity contribution in [1.29, 1.82) is 0 Å². The number of hydrogen-bond donors (Lipinski definition) is 2. The van der Waals surface area contributed by atoms with Crippen LogP contribution in [0.25, 0.3) is 11.1 Å². The summed E-state index contributed by atoms with van der Waals surface area (Å²) in [6, 6.07) is 10.0. The van der Waals surface area contributed by atoms with E-state index in [4.69, 9.17) is 5.11 Å². The summed E-state index contributed by atoms with van der Waals surface area (Å²) >= 11 is 0. The molecule has 1 aliphatic heterocycles. The molecular weight excluding hydrogens is 473 g/mol. The van der Waals surface area contributed by atoms with E-state index in [-0.39, 0.29) is 35.2 Å². The van der Waals surface area contributed by atoms with Gasteiger partial charge in [-0.3, -0.25) is 9.52 Å². The summed E-state index contributed by atoms with van der Waals surface area (Å²) in [6.07, 6.45) is -2.83. The van der Waals surface area contributed by atoms with Gasteiger partial charge >= 0.3 is 12.1 Å². The lowest BCUT2D eigenvalue weighted by Gasteiger charge is -2.37. The molecule has 3 heterocycles. The number of hydrogen-bond acceptors (Lipinski definition) is 6. The van der Waals surface area contributed by atoms with Crippen LogP contribution in [0.4, 0.5) is 24.8 Å². The van der Waals surface area contributed by atoms with Gasteiger partial charge in [-0.2, -0.15) is 13.2 Å². The van der Waals surface area contributed by atoms with Crippen LogP contribution in [0.3, 0.4) is 0 Å². The summed E-state index contributed by atoms with van der Waals surface area (Å²) in [5, 5.41) is 9.01. The number of pyridine rings is 2. The zero-order valence-electron chi connectivity index (χ0n) is 17.7. The molecule has 12 heteroatoms. The molecule has 2 N–H and O–H groups in total. The minimum Gasteiger partial charge on any atom is -0.481 e. The normalized spacial score (nSPS) is 14.5. The molecule has 1 saturated heterocycles. The number of nitrogens with zero attached hydrogens (tertiary/aromatic N) is 3. The van der Waals surface area contributed by atoms with Crippen LogP contribution in [0.2, 0.25) is 0 Å². The van der Waals surface area contributed by atoms with Crippen molar-refractivity contribution in [1.82, 2.24) is 9.97 Å². The van der Waals surface area contributed by atoms with Gasteiger partial charge in [-0.25, -0.2) is 18.4 Å². The van der Waals surface area contributed by atoms with Crippen LogP contribution in [0.5, 0.6) is 0 Å². The van der Waals surface area contributed by atoms with Crippen molar-refractivity contribution in [3.8, 4) is 11.1 Å². The number of aromatic nitrogens is 2. The molecule has 4 rings (SSSR count). The molecule has 8 nitrogen and oxygen atoms in total. The van der Waals surface area contributed by atoms with Gasteiger partial charge in [0.05, 0.1) is 16.4 Å². The SMILES string of the molecule is Cc1ccccc1-c1cc(NS(=O)(=O)c2ccnc(N3CC(C(=O)O)C3)c2)ncc1C(F)(F)F. The number of aliphatic carboxylic acids is 1. The summed E-state index contributed by atoms with van der Waals surface area (Å²) < 4.78 is 68.9. The molecule has 1 aromatic carbocycles. The van der Waals surface area contributed by atoms with Crippen molar-refractivity contribution in [3.05, 3.63) is 66.0 Å². The molecule has 178 valence electrons. The topological polar surface area (TPSA) is 112 Å². The Labute approximate surface area is 193 Å². The maximum absolute atomic E-state index is 13.6. The van der Waals surface area contributed by atoms with Crippen LogP contribution < -0.4 is 9.62 Å². The first-order chi connectivity index (χ1) is 16.0. The number of nitrogens with one attached hydrogen (secondary N) is 1. The lowest BCUT2D eigenvalue weighted by atomic mass is 9.97. The van der Waals surface area contributed by atoms with E-state index in [1.807, 2.05) is 0 Å². The lowest BCUT2D eigenvalue weighted by molar-refractivity contribution is -0.142. The fourth-order valence-corrected chi connectivity index (χ4v) is 4.60. The van der Waals surface area contributed by atoms with Gasteiger partial charge in [0.25, 0.3) is 10.0 Å². The Kier molecular flexibility index (Phi) is 5.94. The molecule has 0 aliphatic carbocycles. The Morgan fingerprint density at radius 3 is 2.47 bits per heavy atom. The molecule has 0 bridgehead atoms. The van der Waals surface area contributed by atoms with Gasteiger partial charge < -0.3 is 10.0 Å². The highest BCUT2D eigenvalue weighted by molar-refractivity contribution is 7.92. The quantitative estimate of drug-likeness (QED) is 0.538. The first-order valence-corrected chi connectivity index (χ1v) is 11.5. The van der Waals surface area contributed by atoms with E-state index in [1.54, 1.807) is 30.0 Å². The van der Waals surface area contributed by atoms with Crippen molar-refractivity contribution in [2.75, 3.05) is 22.7 Å². The van der Waals surface area contributed by atoms with Crippen LogP contribution in [0.15, 0.2) is 59.8 Å². The van der Waals surface area contributed by atoms with E-state index in [9.17, 15) is 26.4 Å². The summed E-state index contributed by atoms with van der Waals surface area (Å²) in [5.41, 5.74) is -0.300. The Hall–Kier alpha value is -3.67. The average molecular weight is 492 g/mol. The fourth-order valence-electron chi connectivity index (χ4n) is 3.59. The van der Waals surface area contributed by atoms with Crippen LogP contribution >= 0.6 is 0 Å². The second kappa shape index (κ2) is 8.60. The van der Waals surface area contributed by atoms with Gasteiger partial charge in [0.15, 0.2) is 0 Å². The second-order valence-electron chi connectivity index (χ2n) is 7.82. The van der Waals surface area contributed by atoms with Crippen molar-refractivity contribution < 1.29 is 31.5 Å². The van der Waals surface area contributed by atoms with Gasteiger partial charge in [0.1, 0.15) is 11.6 Å². The molecule has 1 fully saturated rings. The first-order valence-electron chi connectivity index (χ1n) is 10.1. The van der Waals surface area contributed by atoms with Crippen LogP contribution in [0, 0.1) is 12.8 Å². The summed E-state index contributed by atoms with van der Waals surface area (Å²) in [5.74, 6) is -1.50. The minimum atomic E-state index is -4.69. The van der Waals surface area contributed by atoms with Gasteiger partial charge in [0, 0.05) is 31.5 Å². The van der Waals surface area contributed by atoms with E-state index in [1.165, 1.54) is 24.4 Å². The largest absolute Gasteiger partial charge is 0.481 e. The van der Waals surface area contributed by atoms with Crippen LogP contribution in [-0.2, 0) is 21.0 Å². The average Bonchev–Trinajstić information content (AvgIpc) is 2.72. The number of rotatable bonds is 6. The van der Waals surface area contributed by atoms with Crippen molar-refractivity contribution in [2.24, 2.45) is 5.92 Å². The van der Waals surface area contributed by atoms with Crippen molar-refractivity contribution >= 4 is 27.6 Å². The van der Waals surface area contributed by atoms with E-state index >= 15 is 0 Å². The first kappa shape index (κ1) is 23.5. The summed E-state index contributed by atoms with van der Waals surface area (Å²) in [7, 11) is -4.22. The molecule has 2 aromatic heterocycles. The van der Waals surface area contributed by atoms with E-state index < -0.39 is 33.7 Å². The Morgan fingerprint density at radius 2 is 1.82 bits per heavy atom. The van der Waals surface area contributed by atoms with Crippen LogP contribution in [-0.4, -0.2) is 42.6 Å². The molecule has 34 heavy (non-hydrogen) atoms. The maximum Gasteiger partial charge on any atom is 0.418 e. The molecule has 0 amide bonds. The zero-order chi connectivity index (χ0) is 24.7. The molecular formula is C22H19F3N4O4S. The standard InChI is InChI=1S/C22H19F3N4O4S/c1-13-4-2-3-5-16(13)17-9-19(27-10-18(17)22(23,24)25)28-34(32,33)15-6-7-26-20(8-15)29-11-14(12-29)21(30)31/h2-10,14H,11-12H2,1H3,(H,27,28)(H,30,31). The maximum atomic E-state index is 13.6. The van der Waals surface area contributed by atoms with Crippen molar-refractivity contribution in [3.63, 3.8) is 0 Å². The Balaban J connectivity index is 1.65. The highest BCUT2D eigenvalue weighted by atomic mass is 32.2. The van der Waals surface area contributed by atoms with E-state index in [2.05, 4.69) is 14.7 Å². The Morgan fingerprint density at radius 1 is 1.12 bits per heavy atom. The summed E-state index contributed by atoms with van der Waals surface area (Å²) in [4.78, 5) is 20.2.